The second kappa shape index (κ2) is 8.29. The van der Waals surface area contributed by atoms with E-state index in [4.69, 9.17) is 0 Å². The summed E-state index contributed by atoms with van der Waals surface area (Å²) in [6, 6.07) is 8.04. The number of carbonyl (C=O) groups is 1. The Balaban J connectivity index is 2.04. The Morgan fingerprint density at radius 1 is 0.933 bits per heavy atom. The second-order valence-corrected chi connectivity index (χ2v) is 7.32. The smallest absolute Gasteiger partial charge is 0.416 e. The first-order chi connectivity index (χ1) is 14.0. The molecule has 0 radical (unpaired) electrons. The van der Waals surface area contributed by atoms with Crippen molar-refractivity contribution in [1.29, 1.82) is 0 Å². The number of hydrogen-bond donors (Lipinski definition) is 1. The van der Waals surface area contributed by atoms with Crippen LogP contribution in [0.5, 0.6) is 0 Å². The lowest BCUT2D eigenvalue weighted by atomic mass is 9.90. The molecule has 0 spiro atoms. The third-order valence-corrected chi connectivity index (χ3v) is 5.25. The topological polar surface area (TPSA) is 40.5 Å². The molecule has 162 valence electrons. The zero-order valence-electron chi connectivity index (χ0n) is 15.7. The molecule has 0 bridgehead atoms. The summed E-state index contributed by atoms with van der Waals surface area (Å²) in [7, 11) is 0. The summed E-state index contributed by atoms with van der Waals surface area (Å²) in [6.07, 6.45) is -8.16. The monoisotopic (exact) mass is 431 g/mol. The van der Waals surface area contributed by atoms with E-state index < -0.39 is 41.4 Å². The number of carboxylic acids is 1. The molecular weight excluding hydrogens is 412 g/mol. The van der Waals surface area contributed by atoms with Crippen LogP contribution in [0.25, 0.3) is 0 Å². The van der Waals surface area contributed by atoms with Crippen LogP contribution in [-0.4, -0.2) is 29.1 Å². The largest absolute Gasteiger partial charge is 0.481 e. The van der Waals surface area contributed by atoms with Crippen molar-refractivity contribution in [3.63, 3.8) is 0 Å². The van der Waals surface area contributed by atoms with Gasteiger partial charge in [0.15, 0.2) is 0 Å². The highest BCUT2D eigenvalue weighted by Gasteiger charge is 2.35. The van der Waals surface area contributed by atoms with Crippen molar-refractivity contribution in [2.24, 2.45) is 5.92 Å². The van der Waals surface area contributed by atoms with Crippen LogP contribution in [0.2, 0.25) is 0 Å². The minimum atomic E-state index is -4.58. The summed E-state index contributed by atoms with van der Waals surface area (Å²) >= 11 is 0. The second-order valence-electron chi connectivity index (χ2n) is 7.32. The van der Waals surface area contributed by atoms with E-state index in [0.717, 1.165) is 24.3 Å². The molecule has 30 heavy (non-hydrogen) atoms. The molecule has 1 aliphatic heterocycles. The number of piperidine rings is 1. The third-order valence-electron chi connectivity index (χ3n) is 5.25. The molecule has 1 aliphatic rings. The van der Waals surface area contributed by atoms with Crippen molar-refractivity contribution in [2.75, 3.05) is 13.1 Å². The normalized spacial score (nSPS) is 19.5. The van der Waals surface area contributed by atoms with Gasteiger partial charge in [-0.1, -0.05) is 24.3 Å². The third kappa shape index (κ3) is 4.95. The van der Waals surface area contributed by atoms with Gasteiger partial charge in [0.2, 0.25) is 0 Å². The first-order valence-corrected chi connectivity index (χ1v) is 9.28. The fraction of sp³-hybridized carbons (Fsp3) is 0.381. The Labute approximate surface area is 168 Å². The van der Waals surface area contributed by atoms with Crippen LogP contribution in [0.1, 0.15) is 41.1 Å². The molecule has 1 fully saturated rings. The average molecular weight is 431 g/mol. The lowest BCUT2D eigenvalue weighted by molar-refractivity contribution is -0.144. The number of alkyl halides is 6. The standard InChI is InChI=1S/C21H19F6NO2/c22-20(23,24)16-8-6-13(7-9-16)18(28-10-2-4-15(12-28)19(29)30)14-3-1-5-17(11-14)21(25,26)27/h1,3,5-9,11,15,18H,2,4,10,12H2,(H,29,30). The van der Waals surface area contributed by atoms with Crippen molar-refractivity contribution < 1.29 is 36.2 Å². The van der Waals surface area contributed by atoms with Crippen molar-refractivity contribution in [3.8, 4) is 0 Å². The van der Waals surface area contributed by atoms with Crippen molar-refractivity contribution in [2.45, 2.75) is 31.2 Å². The Morgan fingerprint density at radius 2 is 1.57 bits per heavy atom. The summed E-state index contributed by atoms with van der Waals surface area (Å²) in [5, 5.41) is 9.36. The van der Waals surface area contributed by atoms with Gasteiger partial charge in [0.1, 0.15) is 0 Å². The van der Waals surface area contributed by atoms with Crippen molar-refractivity contribution in [3.05, 3.63) is 70.8 Å². The lowest BCUT2D eigenvalue weighted by Crippen LogP contribution is -2.41. The molecule has 3 nitrogen and oxygen atoms in total. The predicted octanol–water partition coefficient (Wildman–Crippen LogP) is 5.61. The molecule has 2 atom stereocenters. The molecule has 3 rings (SSSR count). The van der Waals surface area contributed by atoms with E-state index in [-0.39, 0.29) is 12.1 Å². The van der Waals surface area contributed by atoms with Crippen LogP contribution >= 0.6 is 0 Å². The Morgan fingerprint density at radius 3 is 2.13 bits per heavy atom. The highest BCUT2D eigenvalue weighted by Crippen LogP contribution is 2.37. The summed E-state index contributed by atoms with van der Waals surface area (Å²) in [5.74, 6) is -1.70. The van der Waals surface area contributed by atoms with Gasteiger partial charge in [-0.25, -0.2) is 0 Å². The van der Waals surface area contributed by atoms with Crippen LogP contribution in [0.15, 0.2) is 48.5 Å². The molecule has 2 aromatic rings. The molecule has 2 unspecified atom stereocenters. The predicted molar refractivity (Wildman–Crippen MR) is 96.7 cm³/mol. The van der Waals surface area contributed by atoms with Crippen LogP contribution in [-0.2, 0) is 17.1 Å². The number of likely N-dealkylation sites (tertiary alicyclic amines) is 1. The molecule has 1 N–H and O–H groups in total. The molecule has 1 saturated heterocycles. The van der Waals surface area contributed by atoms with Crippen molar-refractivity contribution in [1.82, 2.24) is 4.90 Å². The maximum Gasteiger partial charge on any atom is 0.416 e. The average Bonchev–Trinajstić information content (AvgIpc) is 2.68. The van der Waals surface area contributed by atoms with E-state index in [0.29, 0.717) is 24.9 Å². The number of nitrogens with zero attached hydrogens (tertiary/aromatic N) is 1. The zero-order valence-corrected chi connectivity index (χ0v) is 15.7. The van der Waals surface area contributed by atoms with Gasteiger partial charge < -0.3 is 5.11 Å². The zero-order chi connectivity index (χ0) is 22.1. The molecule has 9 heteroatoms. The first kappa shape index (κ1) is 22.1. The minimum Gasteiger partial charge on any atom is -0.481 e. The number of halogens is 6. The number of rotatable bonds is 4. The fourth-order valence-electron chi connectivity index (χ4n) is 3.80. The number of aliphatic carboxylic acids is 1. The van der Waals surface area contributed by atoms with Gasteiger partial charge in [-0.05, 0) is 54.8 Å². The van der Waals surface area contributed by atoms with Gasteiger partial charge in [-0.15, -0.1) is 0 Å². The van der Waals surface area contributed by atoms with Crippen LogP contribution in [0.3, 0.4) is 0 Å². The summed E-state index contributed by atoms with van der Waals surface area (Å²) in [4.78, 5) is 13.2. The highest BCUT2D eigenvalue weighted by atomic mass is 19.4. The Bertz CT molecular complexity index is 892. The van der Waals surface area contributed by atoms with Crippen LogP contribution in [0, 0.1) is 5.92 Å². The van der Waals surface area contributed by atoms with E-state index >= 15 is 0 Å². The minimum absolute atomic E-state index is 0.0945. The van der Waals surface area contributed by atoms with E-state index in [1.807, 2.05) is 0 Å². The lowest BCUT2D eigenvalue weighted by Gasteiger charge is -2.38. The molecule has 0 aromatic heterocycles. The summed E-state index contributed by atoms with van der Waals surface area (Å²) in [5.41, 5.74) is -1.12. The molecule has 2 aromatic carbocycles. The quantitative estimate of drug-likeness (QED) is 0.640. The van der Waals surface area contributed by atoms with E-state index in [1.165, 1.54) is 24.3 Å². The highest BCUT2D eigenvalue weighted by molar-refractivity contribution is 5.70. The van der Waals surface area contributed by atoms with Gasteiger partial charge in [0.05, 0.1) is 23.1 Å². The van der Waals surface area contributed by atoms with Gasteiger partial charge in [-0.2, -0.15) is 26.3 Å². The SMILES string of the molecule is O=C(O)C1CCCN(C(c2ccc(C(F)(F)F)cc2)c2cccc(C(F)(F)F)c2)C1. The van der Waals surface area contributed by atoms with Gasteiger partial charge in [0.25, 0.3) is 0 Å². The molecule has 1 heterocycles. The number of carboxylic acid groups (broad SMARTS) is 1. The Kier molecular flexibility index (Phi) is 6.12. The van der Waals surface area contributed by atoms with Gasteiger partial charge in [0, 0.05) is 6.54 Å². The molecule has 0 amide bonds. The van der Waals surface area contributed by atoms with Crippen LogP contribution in [0.4, 0.5) is 26.3 Å². The summed E-state index contributed by atoms with van der Waals surface area (Å²) in [6.45, 7) is 0.517. The van der Waals surface area contributed by atoms with E-state index in [2.05, 4.69) is 0 Å². The van der Waals surface area contributed by atoms with E-state index in [1.54, 1.807) is 4.90 Å². The number of hydrogen-bond acceptors (Lipinski definition) is 2. The first-order valence-electron chi connectivity index (χ1n) is 9.28. The molecule has 0 saturated carbocycles. The maximum absolute atomic E-state index is 13.2. The number of benzene rings is 2. The van der Waals surface area contributed by atoms with Gasteiger partial charge >= 0.3 is 18.3 Å². The molecular formula is C21H19F6NO2. The van der Waals surface area contributed by atoms with E-state index in [9.17, 15) is 36.2 Å². The molecule has 0 aliphatic carbocycles. The maximum atomic E-state index is 13.2. The van der Waals surface area contributed by atoms with Crippen LogP contribution < -0.4 is 0 Å². The Hall–Kier alpha value is -2.55. The van der Waals surface area contributed by atoms with Gasteiger partial charge in [-0.3, -0.25) is 9.69 Å². The summed E-state index contributed by atoms with van der Waals surface area (Å²) < 4.78 is 78.4. The van der Waals surface area contributed by atoms with Crippen molar-refractivity contribution >= 4 is 5.97 Å². The fourth-order valence-corrected chi connectivity index (χ4v) is 3.80.